The molecule has 1 aliphatic heterocycles. The highest BCUT2D eigenvalue weighted by Gasteiger charge is 2.46. The molecule has 4 atom stereocenters. The van der Waals surface area contributed by atoms with Gasteiger partial charge in [0.05, 0.1) is 24.5 Å². The van der Waals surface area contributed by atoms with Crippen molar-refractivity contribution in [1.82, 2.24) is 24.5 Å². The average Bonchev–Trinajstić information content (AvgIpc) is 3.22. The van der Waals surface area contributed by atoms with E-state index in [1.807, 2.05) is 6.07 Å². The molecule has 136 valence electrons. The molecule has 0 radical (unpaired) electrons. The summed E-state index contributed by atoms with van der Waals surface area (Å²) in [5, 5.41) is 27.6. The van der Waals surface area contributed by atoms with Gasteiger partial charge in [0.25, 0.3) is 0 Å². The molecule has 10 heteroatoms. The van der Waals surface area contributed by atoms with E-state index in [0.29, 0.717) is 16.7 Å². The highest BCUT2D eigenvalue weighted by molar-refractivity contribution is 5.77. The minimum atomic E-state index is -0.948. The summed E-state index contributed by atoms with van der Waals surface area (Å²) in [6, 6.07) is 5.28. The van der Waals surface area contributed by atoms with Crippen molar-refractivity contribution >= 4 is 17.0 Å². The molecule has 0 saturated carbocycles. The van der Waals surface area contributed by atoms with E-state index in [9.17, 15) is 5.11 Å². The van der Waals surface area contributed by atoms with E-state index in [2.05, 4.69) is 19.9 Å². The molecule has 1 aliphatic rings. The highest BCUT2D eigenvalue weighted by atomic mass is 16.5. The Labute approximate surface area is 153 Å². The summed E-state index contributed by atoms with van der Waals surface area (Å²) >= 11 is 0. The van der Waals surface area contributed by atoms with Crippen molar-refractivity contribution in [2.45, 2.75) is 30.8 Å². The van der Waals surface area contributed by atoms with Crippen molar-refractivity contribution in [3.8, 4) is 6.07 Å². The predicted octanol–water partition coefficient (Wildman–Crippen LogP) is 0.461. The van der Waals surface area contributed by atoms with Gasteiger partial charge in [0.15, 0.2) is 11.9 Å². The molecule has 0 aliphatic carbocycles. The maximum Gasteiger partial charge on any atom is 0.165 e. The van der Waals surface area contributed by atoms with Gasteiger partial charge >= 0.3 is 0 Å². The van der Waals surface area contributed by atoms with E-state index in [1.54, 1.807) is 29.1 Å². The van der Waals surface area contributed by atoms with Gasteiger partial charge in [0, 0.05) is 18.5 Å². The molecule has 4 rings (SSSR count). The number of hydrogen-bond donors (Lipinski definition) is 3. The third kappa shape index (κ3) is 2.99. The fraction of sp³-hybridized carbons (Fsp3) is 0.294. The summed E-state index contributed by atoms with van der Waals surface area (Å²) in [5.41, 5.74) is 7.69. The topological polar surface area (TPSA) is 160 Å². The summed E-state index contributed by atoms with van der Waals surface area (Å²) in [4.78, 5) is 16.5. The maximum atomic E-state index is 11.0. The van der Waals surface area contributed by atoms with E-state index in [4.69, 9.17) is 21.1 Å². The zero-order chi connectivity index (χ0) is 19.0. The summed E-state index contributed by atoms with van der Waals surface area (Å²) in [6.45, 7) is 0. The fourth-order valence-corrected chi connectivity index (χ4v) is 3.42. The van der Waals surface area contributed by atoms with Gasteiger partial charge < -0.3 is 15.6 Å². The summed E-state index contributed by atoms with van der Waals surface area (Å²) in [7, 11) is 0. The molecule has 10 nitrogen and oxygen atoms in total. The van der Waals surface area contributed by atoms with Crippen molar-refractivity contribution in [1.29, 1.82) is 10.7 Å². The first-order valence-corrected chi connectivity index (χ1v) is 8.23. The molecular weight excluding hydrogens is 348 g/mol. The van der Waals surface area contributed by atoms with Gasteiger partial charge in [-0.2, -0.15) is 5.26 Å². The smallest absolute Gasteiger partial charge is 0.165 e. The minimum Gasteiger partial charge on any atom is -0.388 e. The second-order valence-corrected chi connectivity index (χ2v) is 6.28. The number of aliphatic hydroxyl groups excluding tert-OH is 1. The number of aromatic nitrogens is 5. The standard InChI is InChI=1S/C17H16N8O2/c18-4-10-2-1-9(5-22-10)14-12(3-13(19)20)27-17(15(14)26)25-8-24-11-6-21-7-23-16(11)25/h1-2,5-8,12,14-15,17,26H,3H2,(H3,19,20). The van der Waals surface area contributed by atoms with Gasteiger partial charge in [-0.1, -0.05) is 6.07 Å². The van der Waals surface area contributed by atoms with Gasteiger partial charge in [-0.05, 0) is 11.6 Å². The maximum absolute atomic E-state index is 11.0. The molecule has 4 heterocycles. The predicted molar refractivity (Wildman–Crippen MR) is 93.5 cm³/mol. The number of imidazole rings is 1. The van der Waals surface area contributed by atoms with Crippen LogP contribution in [0.25, 0.3) is 11.2 Å². The van der Waals surface area contributed by atoms with E-state index in [-0.39, 0.29) is 18.0 Å². The molecule has 3 aromatic rings. The highest BCUT2D eigenvalue weighted by Crippen LogP contribution is 2.42. The van der Waals surface area contributed by atoms with Crippen LogP contribution in [-0.2, 0) is 4.74 Å². The quantitative estimate of drug-likeness (QED) is 0.444. The molecule has 4 N–H and O–H groups in total. The fourth-order valence-electron chi connectivity index (χ4n) is 3.42. The first-order chi connectivity index (χ1) is 13.1. The summed E-state index contributed by atoms with van der Waals surface area (Å²) < 4.78 is 7.70. The van der Waals surface area contributed by atoms with E-state index < -0.39 is 24.4 Å². The van der Waals surface area contributed by atoms with Crippen LogP contribution in [0.3, 0.4) is 0 Å². The number of hydrogen-bond acceptors (Lipinski definition) is 8. The number of amidine groups is 1. The zero-order valence-corrected chi connectivity index (χ0v) is 14.1. The molecule has 0 amide bonds. The Morgan fingerprint density at radius 2 is 2.19 bits per heavy atom. The number of ether oxygens (including phenoxy) is 1. The van der Waals surface area contributed by atoms with Crippen LogP contribution in [0.15, 0.2) is 37.2 Å². The Kier molecular flexibility index (Phi) is 4.23. The Balaban J connectivity index is 1.73. The molecule has 27 heavy (non-hydrogen) atoms. The van der Waals surface area contributed by atoms with Crippen molar-refractivity contribution in [2.75, 3.05) is 0 Å². The SMILES string of the molecule is N#Cc1ccc(C2C(CC(=N)N)OC(n3cnc4cncnc43)C2O)cn1. The Bertz CT molecular complexity index is 1030. The normalized spacial score (nSPS) is 24.7. The van der Waals surface area contributed by atoms with Crippen LogP contribution in [0.1, 0.15) is 29.8 Å². The second-order valence-electron chi connectivity index (χ2n) is 6.28. The van der Waals surface area contributed by atoms with Crippen LogP contribution in [-0.4, -0.2) is 47.7 Å². The number of nitrogens with two attached hydrogens (primary N) is 1. The zero-order valence-electron chi connectivity index (χ0n) is 14.1. The molecule has 0 bridgehead atoms. The van der Waals surface area contributed by atoms with Gasteiger partial charge in [-0.25, -0.2) is 19.9 Å². The number of pyridine rings is 1. The number of nitriles is 1. The third-order valence-corrected chi connectivity index (χ3v) is 4.59. The van der Waals surface area contributed by atoms with Crippen LogP contribution < -0.4 is 5.73 Å². The first-order valence-electron chi connectivity index (χ1n) is 8.23. The second kappa shape index (κ2) is 6.71. The van der Waals surface area contributed by atoms with Gasteiger partial charge in [0.2, 0.25) is 0 Å². The van der Waals surface area contributed by atoms with Crippen LogP contribution >= 0.6 is 0 Å². The first kappa shape index (κ1) is 17.0. The van der Waals surface area contributed by atoms with Crippen molar-refractivity contribution < 1.29 is 9.84 Å². The minimum absolute atomic E-state index is 0.0442. The number of nitrogens with zero attached hydrogens (tertiary/aromatic N) is 6. The molecule has 1 fully saturated rings. The lowest BCUT2D eigenvalue weighted by Crippen LogP contribution is -2.27. The van der Waals surface area contributed by atoms with Crippen molar-refractivity contribution in [3.05, 3.63) is 48.4 Å². The van der Waals surface area contributed by atoms with Gasteiger partial charge in [-0.15, -0.1) is 0 Å². The molecule has 4 unspecified atom stereocenters. The number of aliphatic hydroxyl groups is 1. The lowest BCUT2D eigenvalue weighted by atomic mass is 9.89. The largest absolute Gasteiger partial charge is 0.388 e. The van der Waals surface area contributed by atoms with E-state index >= 15 is 0 Å². The number of nitrogens with one attached hydrogen (secondary N) is 1. The van der Waals surface area contributed by atoms with E-state index in [1.165, 1.54) is 12.7 Å². The molecular formula is C17H16N8O2. The molecule has 3 aromatic heterocycles. The molecule has 0 spiro atoms. The van der Waals surface area contributed by atoms with Crippen molar-refractivity contribution in [3.63, 3.8) is 0 Å². The van der Waals surface area contributed by atoms with Gasteiger partial charge in [0.1, 0.15) is 29.7 Å². The van der Waals surface area contributed by atoms with Crippen LogP contribution in [0.5, 0.6) is 0 Å². The number of fused-ring (bicyclic) bond motifs is 1. The van der Waals surface area contributed by atoms with Crippen LogP contribution in [0.4, 0.5) is 0 Å². The third-order valence-electron chi connectivity index (χ3n) is 4.59. The monoisotopic (exact) mass is 364 g/mol. The average molecular weight is 364 g/mol. The lowest BCUT2D eigenvalue weighted by molar-refractivity contribution is -0.0328. The Hall–Kier alpha value is -3.42. The van der Waals surface area contributed by atoms with Crippen molar-refractivity contribution in [2.24, 2.45) is 5.73 Å². The van der Waals surface area contributed by atoms with Gasteiger partial charge in [-0.3, -0.25) is 9.98 Å². The Morgan fingerprint density at radius 3 is 2.89 bits per heavy atom. The Morgan fingerprint density at radius 1 is 1.33 bits per heavy atom. The molecule has 0 aromatic carbocycles. The lowest BCUT2D eigenvalue weighted by Gasteiger charge is -2.20. The summed E-state index contributed by atoms with van der Waals surface area (Å²) in [5.74, 6) is -0.518. The van der Waals surface area contributed by atoms with Crippen LogP contribution in [0.2, 0.25) is 0 Å². The molecule has 1 saturated heterocycles. The number of rotatable bonds is 4. The summed E-state index contributed by atoms with van der Waals surface area (Å²) in [6.07, 6.45) is 3.98. The van der Waals surface area contributed by atoms with E-state index in [0.717, 1.165) is 0 Å². The van der Waals surface area contributed by atoms with Crippen LogP contribution in [0, 0.1) is 16.7 Å².